The van der Waals surface area contributed by atoms with E-state index < -0.39 is 17.9 Å². The van der Waals surface area contributed by atoms with Crippen LogP contribution in [-0.2, 0) is 9.59 Å². The SMILES string of the molecule is CCCC(O)CNC(=O)C(=O)Nc1ccc(-c2ccccc2)cc1. The second kappa shape index (κ2) is 8.84. The second-order valence-corrected chi connectivity index (χ2v) is 5.55. The fraction of sp³-hybridized carbons (Fsp3) is 0.263. The number of aliphatic hydroxyl groups is 1. The molecule has 5 nitrogen and oxygen atoms in total. The van der Waals surface area contributed by atoms with Crippen LogP contribution in [0, 0.1) is 0 Å². The van der Waals surface area contributed by atoms with Gasteiger partial charge in [0.2, 0.25) is 0 Å². The van der Waals surface area contributed by atoms with Crippen LogP contribution in [0.2, 0.25) is 0 Å². The Kier molecular flexibility index (Phi) is 6.51. The van der Waals surface area contributed by atoms with Gasteiger partial charge in [-0.25, -0.2) is 0 Å². The smallest absolute Gasteiger partial charge is 0.313 e. The van der Waals surface area contributed by atoms with Crippen LogP contribution in [0.25, 0.3) is 11.1 Å². The van der Waals surface area contributed by atoms with Crippen molar-refractivity contribution in [3.05, 3.63) is 54.6 Å². The molecular weight excluding hydrogens is 304 g/mol. The topological polar surface area (TPSA) is 78.4 Å². The van der Waals surface area contributed by atoms with Crippen LogP contribution in [0.4, 0.5) is 5.69 Å². The van der Waals surface area contributed by atoms with E-state index >= 15 is 0 Å². The molecule has 3 N–H and O–H groups in total. The maximum absolute atomic E-state index is 11.8. The molecule has 0 aliphatic heterocycles. The number of aliphatic hydroxyl groups excluding tert-OH is 1. The van der Waals surface area contributed by atoms with Gasteiger partial charge in [-0.1, -0.05) is 55.8 Å². The van der Waals surface area contributed by atoms with E-state index in [9.17, 15) is 14.7 Å². The molecule has 0 bridgehead atoms. The van der Waals surface area contributed by atoms with Crippen LogP contribution < -0.4 is 10.6 Å². The summed E-state index contributed by atoms with van der Waals surface area (Å²) in [5, 5.41) is 14.5. The fourth-order valence-corrected chi connectivity index (χ4v) is 2.29. The Morgan fingerprint density at radius 1 is 0.958 bits per heavy atom. The summed E-state index contributed by atoms with van der Waals surface area (Å²) >= 11 is 0. The van der Waals surface area contributed by atoms with E-state index in [1.807, 2.05) is 49.4 Å². The van der Waals surface area contributed by atoms with Crippen LogP contribution in [0.3, 0.4) is 0 Å². The highest BCUT2D eigenvalue weighted by molar-refractivity contribution is 6.39. The van der Waals surface area contributed by atoms with Gasteiger partial charge in [-0.15, -0.1) is 0 Å². The van der Waals surface area contributed by atoms with Crippen LogP contribution in [-0.4, -0.2) is 29.6 Å². The van der Waals surface area contributed by atoms with E-state index in [0.717, 1.165) is 17.5 Å². The Labute approximate surface area is 141 Å². The van der Waals surface area contributed by atoms with Gasteiger partial charge < -0.3 is 15.7 Å². The van der Waals surface area contributed by atoms with Gasteiger partial charge in [0.05, 0.1) is 6.10 Å². The molecule has 126 valence electrons. The molecule has 1 unspecified atom stereocenters. The number of benzene rings is 2. The summed E-state index contributed by atoms with van der Waals surface area (Å²) in [7, 11) is 0. The third kappa shape index (κ3) is 5.21. The molecule has 0 radical (unpaired) electrons. The molecule has 0 aliphatic rings. The molecule has 0 saturated carbocycles. The molecule has 0 aliphatic carbocycles. The van der Waals surface area contributed by atoms with Crippen molar-refractivity contribution in [1.82, 2.24) is 5.32 Å². The first kappa shape index (κ1) is 17.7. The molecule has 2 amide bonds. The first-order valence-electron chi connectivity index (χ1n) is 8.03. The summed E-state index contributed by atoms with van der Waals surface area (Å²) in [6, 6.07) is 17.1. The van der Waals surface area contributed by atoms with Gasteiger partial charge >= 0.3 is 11.8 Å². The number of rotatable bonds is 6. The van der Waals surface area contributed by atoms with Gasteiger partial charge in [-0.2, -0.15) is 0 Å². The van der Waals surface area contributed by atoms with Crippen molar-refractivity contribution in [2.45, 2.75) is 25.9 Å². The normalized spacial score (nSPS) is 11.6. The molecule has 0 aromatic heterocycles. The van der Waals surface area contributed by atoms with Crippen molar-refractivity contribution in [1.29, 1.82) is 0 Å². The molecular formula is C19H22N2O3. The maximum atomic E-state index is 11.8. The second-order valence-electron chi connectivity index (χ2n) is 5.55. The highest BCUT2D eigenvalue weighted by Crippen LogP contribution is 2.20. The molecule has 0 heterocycles. The van der Waals surface area contributed by atoms with E-state index in [4.69, 9.17) is 0 Å². The van der Waals surface area contributed by atoms with Gasteiger partial charge in [-0.3, -0.25) is 9.59 Å². The molecule has 24 heavy (non-hydrogen) atoms. The lowest BCUT2D eigenvalue weighted by Crippen LogP contribution is -2.39. The van der Waals surface area contributed by atoms with Crippen molar-refractivity contribution < 1.29 is 14.7 Å². The number of hydrogen-bond donors (Lipinski definition) is 3. The number of carbonyl (C=O) groups excluding carboxylic acids is 2. The Balaban J connectivity index is 1.89. The molecule has 0 fully saturated rings. The van der Waals surface area contributed by atoms with Gasteiger partial charge in [0.15, 0.2) is 0 Å². The highest BCUT2D eigenvalue weighted by Gasteiger charge is 2.14. The van der Waals surface area contributed by atoms with Gasteiger partial charge in [-0.05, 0) is 29.7 Å². The maximum Gasteiger partial charge on any atom is 0.313 e. The predicted molar refractivity (Wildman–Crippen MR) is 94.4 cm³/mol. The largest absolute Gasteiger partial charge is 0.391 e. The summed E-state index contributed by atoms with van der Waals surface area (Å²) in [5.41, 5.74) is 2.66. The van der Waals surface area contributed by atoms with Crippen LogP contribution >= 0.6 is 0 Å². The van der Waals surface area contributed by atoms with Crippen LogP contribution in [0.1, 0.15) is 19.8 Å². The summed E-state index contributed by atoms with van der Waals surface area (Å²) in [6.07, 6.45) is 0.775. The van der Waals surface area contributed by atoms with Gasteiger partial charge in [0.1, 0.15) is 0 Å². The van der Waals surface area contributed by atoms with Crippen molar-refractivity contribution in [2.75, 3.05) is 11.9 Å². The van der Waals surface area contributed by atoms with Gasteiger partial charge in [0.25, 0.3) is 0 Å². The lowest BCUT2D eigenvalue weighted by molar-refractivity contribution is -0.136. The van der Waals surface area contributed by atoms with E-state index in [2.05, 4.69) is 10.6 Å². The molecule has 0 saturated heterocycles. The highest BCUT2D eigenvalue weighted by atomic mass is 16.3. The molecule has 2 rings (SSSR count). The first-order chi connectivity index (χ1) is 11.6. The monoisotopic (exact) mass is 326 g/mol. The van der Waals surface area contributed by atoms with E-state index in [1.165, 1.54) is 0 Å². The van der Waals surface area contributed by atoms with E-state index in [1.54, 1.807) is 12.1 Å². The Hall–Kier alpha value is -2.66. The number of nitrogens with one attached hydrogen (secondary N) is 2. The van der Waals surface area contributed by atoms with Gasteiger partial charge in [0, 0.05) is 12.2 Å². The van der Waals surface area contributed by atoms with Crippen molar-refractivity contribution in [2.24, 2.45) is 0 Å². The Bertz CT molecular complexity index is 669. The number of anilines is 1. The minimum absolute atomic E-state index is 0.0764. The quantitative estimate of drug-likeness (QED) is 0.714. The standard InChI is InChI=1S/C19H22N2O3/c1-2-6-17(22)13-20-18(23)19(24)21-16-11-9-15(10-12-16)14-7-4-3-5-8-14/h3-5,7-12,17,22H,2,6,13H2,1H3,(H,20,23)(H,21,24). The summed E-state index contributed by atoms with van der Waals surface area (Å²) < 4.78 is 0. The third-order valence-electron chi connectivity index (χ3n) is 3.58. The third-order valence-corrected chi connectivity index (χ3v) is 3.58. The Morgan fingerprint density at radius 3 is 2.21 bits per heavy atom. The minimum Gasteiger partial charge on any atom is -0.391 e. The molecule has 0 spiro atoms. The predicted octanol–water partition coefficient (Wildman–Crippen LogP) is 2.57. The summed E-state index contributed by atoms with van der Waals surface area (Å²) in [5.74, 6) is -1.50. The number of amides is 2. The first-order valence-corrected chi connectivity index (χ1v) is 8.03. The molecule has 1 atom stereocenters. The fourth-order valence-electron chi connectivity index (χ4n) is 2.29. The lowest BCUT2D eigenvalue weighted by Gasteiger charge is -2.11. The lowest BCUT2D eigenvalue weighted by atomic mass is 10.1. The zero-order valence-corrected chi connectivity index (χ0v) is 13.7. The van der Waals surface area contributed by atoms with Crippen molar-refractivity contribution >= 4 is 17.5 Å². The van der Waals surface area contributed by atoms with Crippen LogP contribution in [0.5, 0.6) is 0 Å². The van der Waals surface area contributed by atoms with E-state index in [0.29, 0.717) is 12.1 Å². The van der Waals surface area contributed by atoms with Crippen LogP contribution in [0.15, 0.2) is 54.6 Å². The zero-order chi connectivity index (χ0) is 17.4. The number of hydrogen-bond acceptors (Lipinski definition) is 3. The zero-order valence-electron chi connectivity index (χ0n) is 13.7. The summed E-state index contributed by atoms with van der Waals surface area (Å²) in [6.45, 7) is 2.02. The summed E-state index contributed by atoms with van der Waals surface area (Å²) in [4.78, 5) is 23.5. The number of carbonyl (C=O) groups is 2. The average Bonchev–Trinajstić information content (AvgIpc) is 2.61. The molecule has 2 aromatic carbocycles. The molecule has 5 heteroatoms. The average molecular weight is 326 g/mol. The van der Waals surface area contributed by atoms with Crippen molar-refractivity contribution in [3.8, 4) is 11.1 Å². The van der Waals surface area contributed by atoms with Crippen molar-refractivity contribution in [3.63, 3.8) is 0 Å². The minimum atomic E-state index is -0.753. The van der Waals surface area contributed by atoms with E-state index in [-0.39, 0.29) is 6.54 Å². The Morgan fingerprint density at radius 2 is 1.58 bits per heavy atom. The molecule has 2 aromatic rings.